The van der Waals surface area contributed by atoms with Crippen molar-refractivity contribution in [2.24, 2.45) is 0 Å². The van der Waals surface area contributed by atoms with Crippen molar-refractivity contribution in [2.75, 3.05) is 19.0 Å². The first kappa shape index (κ1) is 17.4. The van der Waals surface area contributed by atoms with E-state index in [9.17, 15) is 0 Å². The van der Waals surface area contributed by atoms with E-state index in [-0.39, 0.29) is 0 Å². The van der Waals surface area contributed by atoms with E-state index >= 15 is 0 Å². The minimum atomic E-state index is 0.403. The average molecular weight is 360 g/mol. The van der Waals surface area contributed by atoms with Crippen molar-refractivity contribution in [1.82, 2.24) is 4.98 Å². The number of fused-ring (bicyclic) bond motifs is 1. The lowest BCUT2D eigenvalue weighted by atomic mass is 9.99. The lowest BCUT2D eigenvalue weighted by molar-refractivity contribution is 0.301. The molecule has 0 amide bonds. The number of anilines is 1. The van der Waals surface area contributed by atoms with E-state index in [4.69, 9.17) is 9.47 Å². The largest absolute Gasteiger partial charge is 0.497 e. The molecule has 1 aromatic heterocycles. The number of benzene rings is 2. The highest BCUT2D eigenvalue weighted by Crippen LogP contribution is 2.34. The molecule has 4 heteroatoms. The highest BCUT2D eigenvalue weighted by molar-refractivity contribution is 5.73. The Morgan fingerprint density at radius 2 is 1.96 bits per heavy atom. The van der Waals surface area contributed by atoms with Crippen LogP contribution in [0.15, 0.2) is 60.8 Å². The van der Waals surface area contributed by atoms with Gasteiger partial charge in [0.25, 0.3) is 0 Å². The maximum atomic E-state index is 6.11. The Labute approximate surface area is 160 Å². The van der Waals surface area contributed by atoms with Gasteiger partial charge in [-0.1, -0.05) is 24.3 Å². The predicted octanol–water partition coefficient (Wildman–Crippen LogP) is 5.08. The van der Waals surface area contributed by atoms with Crippen molar-refractivity contribution in [3.63, 3.8) is 0 Å². The number of pyridine rings is 1. The van der Waals surface area contributed by atoms with Crippen molar-refractivity contribution in [3.05, 3.63) is 72.1 Å². The van der Waals surface area contributed by atoms with Gasteiger partial charge in [0.15, 0.2) is 0 Å². The Kier molecular flexibility index (Phi) is 5.24. The molecular weight excluding hydrogens is 336 g/mol. The normalized spacial score (nSPS) is 13.2. The van der Waals surface area contributed by atoms with Crippen molar-refractivity contribution in [3.8, 4) is 22.6 Å². The molecule has 2 heterocycles. The zero-order valence-electron chi connectivity index (χ0n) is 15.6. The zero-order chi connectivity index (χ0) is 18.5. The van der Waals surface area contributed by atoms with Gasteiger partial charge in [0, 0.05) is 30.1 Å². The summed E-state index contributed by atoms with van der Waals surface area (Å²) in [6.45, 7) is 1.46. The summed E-state index contributed by atoms with van der Waals surface area (Å²) in [4.78, 5) is 4.36. The molecule has 0 saturated carbocycles. The van der Waals surface area contributed by atoms with Gasteiger partial charge in [-0.3, -0.25) is 4.98 Å². The molecule has 0 unspecified atom stereocenters. The summed E-state index contributed by atoms with van der Waals surface area (Å²) < 4.78 is 11.4. The standard InChI is InChI=1S/C23H24N2O2/c1-26-20-11-13-24-19(15-20)16-27-23-8-3-2-7-21(23)17-9-10-22-18(14-17)6-4-5-12-25-22/h2-3,7-11,13-15,25H,4-6,12,16H2,1H3. The van der Waals surface area contributed by atoms with Crippen LogP contribution in [-0.2, 0) is 13.0 Å². The number of hydrogen-bond donors (Lipinski definition) is 1. The van der Waals surface area contributed by atoms with Gasteiger partial charge in [-0.05, 0) is 54.7 Å². The molecule has 4 rings (SSSR count). The van der Waals surface area contributed by atoms with Crippen LogP contribution < -0.4 is 14.8 Å². The van der Waals surface area contributed by atoms with Gasteiger partial charge >= 0.3 is 0 Å². The molecule has 0 bridgehead atoms. The fourth-order valence-corrected chi connectivity index (χ4v) is 3.45. The van der Waals surface area contributed by atoms with E-state index in [1.165, 1.54) is 29.7 Å². The molecular formula is C23H24N2O2. The maximum Gasteiger partial charge on any atom is 0.130 e. The molecule has 1 aliphatic rings. The number of hydrogen-bond acceptors (Lipinski definition) is 4. The number of nitrogens with zero attached hydrogens (tertiary/aromatic N) is 1. The Hall–Kier alpha value is -3.01. The van der Waals surface area contributed by atoms with Crippen LogP contribution >= 0.6 is 0 Å². The topological polar surface area (TPSA) is 43.4 Å². The maximum absolute atomic E-state index is 6.11. The Bertz CT molecular complexity index is 924. The molecule has 138 valence electrons. The third kappa shape index (κ3) is 4.05. The lowest BCUT2D eigenvalue weighted by Gasteiger charge is -2.14. The summed E-state index contributed by atoms with van der Waals surface area (Å²) in [5.41, 5.74) is 5.78. The summed E-state index contributed by atoms with van der Waals surface area (Å²) in [5, 5.41) is 3.52. The van der Waals surface area contributed by atoms with Crippen LogP contribution in [0.25, 0.3) is 11.1 Å². The first-order chi connectivity index (χ1) is 13.3. The molecule has 1 N–H and O–H groups in total. The smallest absolute Gasteiger partial charge is 0.130 e. The number of rotatable bonds is 5. The lowest BCUT2D eigenvalue weighted by Crippen LogP contribution is -2.01. The first-order valence-electron chi connectivity index (χ1n) is 9.41. The second kappa shape index (κ2) is 8.12. The average Bonchev–Trinajstić information content (AvgIpc) is 2.97. The molecule has 0 fully saturated rings. The molecule has 3 aromatic rings. The van der Waals surface area contributed by atoms with E-state index in [0.29, 0.717) is 6.61 Å². The van der Waals surface area contributed by atoms with E-state index in [0.717, 1.165) is 35.7 Å². The molecule has 0 aliphatic carbocycles. The van der Waals surface area contributed by atoms with Gasteiger partial charge in [0.1, 0.15) is 18.1 Å². The summed E-state index contributed by atoms with van der Waals surface area (Å²) in [7, 11) is 1.66. The zero-order valence-corrected chi connectivity index (χ0v) is 15.6. The van der Waals surface area contributed by atoms with E-state index in [1.807, 2.05) is 24.3 Å². The number of aryl methyl sites for hydroxylation is 1. The molecule has 2 aromatic carbocycles. The molecule has 0 atom stereocenters. The molecule has 0 saturated heterocycles. The highest BCUT2D eigenvalue weighted by Gasteiger charge is 2.12. The number of methoxy groups -OCH3 is 1. The third-order valence-electron chi connectivity index (χ3n) is 4.89. The van der Waals surface area contributed by atoms with Gasteiger partial charge in [0.05, 0.1) is 12.8 Å². The van der Waals surface area contributed by atoms with Crippen LogP contribution in [0.3, 0.4) is 0 Å². The Morgan fingerprint density at radius 1 is 1.04 bits per heavy atom. The van der Waals surface area contributed by atoms with Crippen LogP contribution in [0.5, 0.6) is 11.5 Å². The summed E-state index contributed by atoms with van der Waals surface area (Å²) in [5.74, 6) is 1.65. The monoisotopic (exact) mass is 360 g/mol. The van der Waals surface area contributed by atoms with Gasteiger partial charge < -0.3 is 14.8 Å². The predicted molar refractivity (Wildman–Crippen MR) is 108 cm³/mol. The van der Waals surface area contributed by atoms with Crippen LogP contribution in [0.4, 0.5) is 5.69 Å². The Balaban J connectivity index is 1.58. The number of nitrogens with one attached hydrogen (secondary N) is 1. The van der Waals surface area contributed by atoms with E-state index in [2.05, 4.69) is 40.6 Å². The van der Waals surface area contributed by atoms with Crippen molar-refractivity contribution < 1.29 is 9.47 Å². The summed E-state index contributed by atoms with van der Waals surface area (Å²) >= 11 is 0. The van der Waals surface area contributed by atoms with Gasteiger partial charge in [-0.15, -0.1) is 0 Å². The fourth-order valence-electron chi connectivity index (χ4n) is 3.45. The van der Waals surface area contributed by atoms with Crippen molar-refractivity contribution >= 4 is 5.69 Å². The minimum absolute atomic E-state index is 0.403. The molecule has 0 spiro atoms. The Morgan fingerprint density at radius 3 is 2.89 bits per heavy atom. The van der Waals surface area contributed by atoms with Crippen molar-refractivity contribution in [2.45, 2.75) is 25.9 Å². The van der Waals surface area contributed by atoms with Gasteiger partial charge in [-0.2, -0.15) is 0 Å². The van der Waals surface area contributed by atoms with Crippen LogP contribution in [0.2, 0.25) is 0 Å². The second-order valence-corrected chi connectivity index (χ2v) is 6.73. The molecule has 1 aliphatic heterocycles. The quantitative estimate of drug-likeness (QED) is 0.689. The van der Waals surface area contributed by atoms with Gasteiger partial charge in [-0.25, -0.2) is 0 Å². The third-order valence-corrected chi connectivity index (χ3v) is 4.89. The van der Waals surface area contributed by atoms with E-state index < -0.39 is 0 Å². The first-order valence-corrected chi connectivity index (χ1v) is 9.41. The fraction of sp³-hybridized carbons (Fsp3) is 0.261. The van der Waals surface area contributed by atoms with Crippen LogP contribution in [-0.4, -0.2) is 18.6 Å². The number of ether oxygens (including phenoxy) is 2. The molecule has 0 radical (unpaired) electrons. The van der Waals surface area contributed by atoms with Crippen LogP contribution in [0.1, 0.15) is 24.1 Å². The van der Waals surface area contributed by atoms with Crippen LogP contribution in [0, 0.1) is 0 Å². The summed E-state index contributed by atoms with van der Waals surface area (Å²) in [6.07, 6.45) is 5.30. The van der Waals surface area contributed by atoms with E-state index in [1.54, 1.807) is 13.3 Å². The molecule has 27 heavy (non-hydrogen) atoms. The second-order valence-electron chi connectivity index (χ2n) is 6.73. The van der Waals surface area contributed by atoms with Gasteiger partial charge in [0.2, 0.25) is 0 Å². The minimum Gasteiger partial charge on any atom is -0.497 e. The number of aromatic nitrogens is 1. The SMILES string of the molecule is COc1ccnc(COc2ccccc2-c2ccc3c(c2)CCCCN3)c1. The summed E-state index contributed by atoms with van der Waals surface area (Å²) in [6, 6.07) is 18.6. The number of para-hydroxylation sites is 1. The molecule has 4 nitrogen and oxygen atoms in total. The highest BCUT2D eigenvalue weighted by atomic mass is 16.5. The van der Waals surface area contributed by atoms with Crippen molar-refractivity contribution in [1.29, 1.82) is 0 Å².